The summed E-state index contributed by atoms with van der Waals surface area (Å²) in [4.78, 5) is 10.9. The number of benzene rings is 2. The Balaban J connectivity index is 0.00000112. The van der Waals surface area contributed by atoms with Crippen LogP contribution in [0.2, 0.25) is 0 Å². The SMILES string of the molecule is O=C(O)c1cccc2c(Br)cccc12.[Tl]. The minimum Gasteiger partial charge on any atom is -0.478 e. The molecule has 0 saturated heterocycles. The standard InChI is InChI=1S/C11H7BrO2.Tl/c12-10-6-2-3-7-8(10)4-1-5-9(7)11(13)14;/h1-6H,(H,13,14);. The molecule has 0 spiro atoms. The van der Waals surface area contributed by atoms with Crippen LogP contribution in [0.25, 0.3) is 10.8 Å². The maximum Gasteiger partial charge on any atom is 0.336 e. The Morgan fingerprint density at radius 1 is 1.07 bits per heavy atom. The van der Waals surface area contributed by atoms with Crippen LogP contribution in [-0.2, 0) is 0 Å². The van der Waals surface area contributed by atoms with Crippen molar-refractivity contribution in [2.75, 3.05) is 0 Å². The van der Waals surface area contributed by atoms with E-state index in [1.165, 1.54) is 0 Å². The van der Waals surface area contributed by atoms with Gasteiger partial charge in [-0.2, -0.15) is 0 Å². The van der Waals surface area contributed by atoms with Gasteiger partial charge in [-0.15, -0.1) is 0 Å². The van der Waals surface area contributed by atoms with Gasteiger partial charge in [-0.05, 0) is 22.9 Å². The van der Waals surface area contributed by atoms with Crippen molar-refractivity contribution >= 4 is 60.0 Å². The van der Waals surface area contributed by atoms with Gasteiger partial charge in [0.2, 0.25) is 0 Å². The summed E-state index contributed by atoms with van der Waals surface area (Å²) in [7, 11) is 0. The predicted octanol–water partition coefficient (Wildman–Crippen LogP) is 2.92. The van der Waals surface area contributed by atoms with Crippen LogP contribution in [0, 0.1) is 0 Å². The average molecular weight is 455 g/mol. The first-order valence-electron chi connectivity index (χ1n) is 4.10. The fourth-order valence-electron chi connectivity index (χ4n) is 1.46. The molecule has 0 unspecified atom stereocenters. The summed E-state index contributed by atoms with van der Waals surface area (Å²) in [5.41, 5.74) is 0.337. The quantitative estimate of drug-likeness (QED) is 0.672. The van der Waals surface area contributed by atoms with E-state index in [9.17, 15) is 4.79 Å². The first-order chi connectivity index (χ1) is 6.70. The van der Waals surface area contributed by atoms with E-state index >= 15 is 0 Å². The van der Waals surface area contributed by atoms with E-state index in [2.05, 4.69) is 15.9 Å². The summed E-state index contributed by atoms with van der Waals surface area (Å²) in [6.45, 7) is 0. The van der Waals surface area contributed by atoms with Crippen molar-refractivity contribution in [3.05, 3.63) is 46.4 Å². The Bertz CT molecular complexity index is 511. The number of halogens is 1. The number of aromatic carboxylic acids is 1. The Morgan fingerprint density at radius 2 is 1.67 bits per heavy atom. The van der Waals surface area contributed by atoms with Gasteiger partial charge in [-0.1, -0.05) is 40.2 Å². The summed E-state index contributed by atoms with van der Waals surface area (Å²) in [6, 6.07) is 10.8. The number of hydrogen-bond donors (Lipinski definition) is 1. The van der Waals surface area contributed by atoms with Crippen molar-refractivity contribution < 1.29 is 9.90 Å². The molecule has 4 heteroatoms. The van der Waals surface area contributed by atoms with Crippen LogP contribution >= 0.6 is 15.9 Å². The Morgan fingerprint density at radius 3 is 2.33 bits per heavy atom. The van der Waals surface area contributed by atoms with Gasteiger partial charge in [0.1, 0.15) is 0 Å². The smallest absolute Gasteiger partial charge is 0.336 e. The van der Waals surface area contributed by atoms with Crippen LogP contribution in [0.5, 0.6) is 0 Å². The van der Waals surface area contributed by atoms with Gasteiger partial charge in [0.05, 0.1) is 5.56 Å². The normalized spacial score (nSPS) is 9.67. The number of carbonyl (C=O) groups is 1. The number of hydrogen-bond acceptors (Lipinski definition) is 1. The topological polar surface area (TPSA) is 37.3 Å². The van der Waals surface area contributed by atoms with Gasteiger partial charge < -0.3 is 5.11 Å². The van der Waals surface area contributed by atoms with Crippen molar-refractivity contribution in [1.82, 2.24) is 0 Å². The molecule has 0 aliphatic rings. The molecule has 2 nitrogen and oxygen atoms in total. The molecule has 0 aliphatic carbocycles. The van der Waals surface area contributed by atoms with Gasteiger partial charge in [0.15, 0.2) is 0 Å². The first kappa shape index (κ1) is 12.6. The molecule has 0 atom stereocenters. The van der Waals surface area contributed by atoms with Gasteiger partial charge in [0, 0.05) is 31.8 Å². The number of fused-ring (bicyclic) bond motifs is 1. The molecule has 2 rings (SSSR count). The molecule has 0 aromatic heterocycles. The Hall–Kier alpha value is -0.428. The van der Waals surface area contributed by atoms with Gasteiger partial charge in [0.25, 0.3) is 0 Å². The summed E-state index contributed by atoms with van der Waals surface area (Å²) in [6.07, 6.45) is 0. The van der Waals surface area contributed by atoms with E-state index in [1.807, 2.05) is 24.3 Å². The van der Waals surface area contributed by atoms with Crippen LogP contribution < -0.4 is 0 Å². The van der Waals surface area contributed by atoms with Crippen LogP contribution in [0.3, 0.4) is 0 Å². The molecule has 2 aromatic carbocycles. The van der Waals surface area contributed by atoms with E-state index in [1.54, 1.807) is 12.1 Å². The zero-order chi connectivity index (χ0) is 10.1. The molecule has 0 fully saturated rings. The molecule has 1 radical (unpaired) electrons. The van der Waals surface area contributed by atoms with Crippen LogP contribution in [-0.4, -0.2) is 38.4 Å². The third kappa shape index (κ3) is 2.39. The summed E-state index contributed by atoms with van der Waals surface area (Å²) >= 11 is 3.39. The molecule has 0 aliphatic heterocycles. The van der Waals surface area contributed by atoms with E-state index in [0.717, 1.165) is 15.2 Å². The van der Waals surface area contributed by atoms with Crippen molar-refractivity contribution in [2.45, 2.75) is 0 Å². The fourth-order valence-corrected chi connectivity index (χ4v) is 1.96. The predicted molar refractivity (Wildman–Crippen MR) is 64.4 cm³/mol. The van der Waals surface area contributed by atoms with Crippen LogP contribution in [0.15, 0.2) is 40.9 Å². The van der Waals surface area contributed by atoms with Gasteiger partial charge in [-0.3, -0.25) is 0 Å². The molecule has 1 N–H and O–H groups in total. The average Bonchev–Trinajstić information content (AvgIpc) is 2.17. The summed E-state index contributed by atoms with van der Waals surface area (Å²) < 4.78 is 0.915. The zero-order valence-corrected chi connectivity index (χ0v) is 13.8. The monoisotopic (exact) mass is 455 g/mol. The molecule has 2 aromatic rings. The second kappa shape index (κ2) is 5.07. The minimum absolute atomic E-state index is 0. The molecular formula is C11H7BrO2Tl. The first-order valence-corrected chi connectivity index (χ1v) is 4.90. The van der Waals surface area contributed by atoms with Crippen molar-refractivity contribution in [3.63, 3.8) is 0 Å². The fraction of sp³-hybridized carbons (Fsp3) is 0. The molecular weight excluding hydrogens is 448 g/mol. The summed E-state index contributed by atoms with van der Waals surface area (Å²) in [5.74, 6) is -0.895. The molecule has 0 bridgehead atoms. The van der Waals surface area contributed by atoms with E-state index in [0.29, 0.717) is 5.56 Å². The van der Waals surface area contributed by atoms with Gasteiger partial charge >= 0.3 is 5.97 Å². The molecule has 0 saturated carbocycles. The largest absolute Gasteiger partial charge is 0.478 e. The third-order valence-corrected chi connectivity index (χ3v) is 2.79. The Kier molecular flexibility index (Phi) is 4.27. The van der Waals surface area contributed by atoms with Crippen molar-refractivity contribution in [2.24, 2.45) is 0 Å². The Labute approximate surface area is 116 Å². The molecule has 73 valence electrons. The van der Waals surface area contributed by atoms with Gasteiger partial charge in [-0.25, -0.2) is 4.79 Å². The van der Waals surface area contributed by atoms with Crippen molar-refractivity contribution in [3.8, 4) is 0 Å². The molecule has 0 heterocycles. The second-order valence-electron chi connectivity index (χ2n) is 2.95. The van der Waals surface area contributed by atoms with Crippen LogP contribution in [0.4, 0.5) is 0 Å². The number of rotatable bonds is 1. The van der Waals surface area contributed by atoms with E-state index < -0.39 is 5.97 Å². The van der Waals surface area contributed by atoms with Crippen LogP contribution in [0.1, 0.15) is 10.4 Å². The third-order valence-electron chi connectivity index (χ3n) is 2.10. The van der Waals surface area contributed by atoms with Crippen molar-refractivity contribution in [1.29, 1.82) is 0 Å². The number of carboxylic acids is 1. The maximum atomic E-state index is 10.9. The second-order valence-corrected chi connectivity index (χ2v) is 3.80. The van der Waals surface area contributed by atoms with E-state index in [-0.39, 0.29) is 27.3 Å². The minimum atomic E-state index is -0.895. The molecule has 15 heavy (non-hydrogen) atoms. The number of carboxylic acid groups (broad SMARTS) is 1. The zero-order valence-electron chi connectivity index (χ0n) is 7.77. The maximum absolute atomic E-state index is 10.9. The van der Waals surface area contributed by atoms with E-state index in [4.69, 9.17) is 5.11 Å². The molecule has 0 amide bonds. The summed E-state index contributed by atoms with van der Waals surface area (Å²) in [5, 5.41) is 10.6.